The zero-order valence-corrected chi connectivity index (χ0v) is 12.3. The zero-order chi connectivity index (χ0) is 13.3. The average molecular weight is 283 g/mol. The minimum absolute atomic E-state index is 0.337. The highest BCUT2D eigenvalue weighted by Crippen LogP contribution is 2.42. The van der Waals surface area contributed by atoms with Crippen LogP contribution in [0, 0.1) is 0 Å². The van der Waals surface area contributed by atoms with Crippen molar-refractivity contribution in [3.05, 3.63) is 12.4 Å². The number of hydrogen-bond acceptors (Lipinski definition) is 5. The first-order valence-electron chi connectivity index (χ1n) is 6.82. The summed E-state index contributed by atoms with van der Waals surface area (Å²) in [6, 6.07) is 0.486. The molecule has 0 aromatic carbocycles. The zero-order valence-electron chi connectivity index (χ0n) is 11.5. The Morgan fingerprint density at radius 3 is 2.89 bits per heavy atom. The summed E-state index contributed by atoms with van der Waals surface area (Å²) in [5, 5.41) is 4.91. The van der Waals surface area contributed by atoms with E-state index in [1.165, 1.54) is 0 Å². The van der Waals surface area contributed by atoms with Gasteiger partial charge in [0.1, 0.15) is 0 Å². The second-order valence-corrected chi connectivity index (χ2v) is 6.43. The molecule has 2 aliphatic rings. The SMILES string of the molecule is CNC1CCC2(CC1Sc1nccn1C)OCCO2. The minimum atomic E-state index is -0.337. The number of imidazole rings is 1. The number of ether oxygens (including phenoxy) is 2. The Morgan fingerprint density at radius 1 is 1.47 bits per heavy atom. The van der Waals surface area contributed by atoms with Crippen molar-refractivity contribution in [2.45, 2.75) is 41.5 Å². The van der Waals surface area contributed by atoms with Crippen molar-refractivity contribution in [1.29, 1.82) is 0 Å². The van der Waals surface area contributed by atoms with Crippen molar-refractivity contribution in [1.82, 2.24) is 14.9 Å². The molecule has 2 atom stereocenters. The highest BCUT2D eigenvalue weighted by atomic mass is 32.2. The third-order valence-electron chi connectivity index (χ3n) is 4.02. The molecule has 2 unspecified atom stereocenters. The van der Waals surface area contributed by atoms with Crippen LogP contribution in [0.4, 0.5) is 0 Å². The third kappa shape index (κ3) is 2.67. The Hall–Kier alpha value is -0.560. The average Bonchev–Trinajstić information content (AvgIpc) is 3.01. The summed E-state index contributed by atoms with van der Waals surface area (Å²) in [6.07, 6.45) is 6.82. The molecule has 3 rings (SSSR count). The van der Waals surface area contributed by atoms with Gasteiger partial charge < -0.3 is 19.4 Å². The van der Waals surface area contributed by atoms with E-state index in [-0.39, 0.29) is 5.79 Å². The van der Waals surface area contributed by atoms with Gasteiger partial charge in [-0.2, -0.15) is 0 Å². The molecule has 106 valence electrons. The number of aromatic nitrogens is 2. The number of nitrogens with zero attached hydrogens (tertiary/aromatic N) is 2. The molecule has 1 N–H and O–H groups in total. The predicted molar refractivity (Wildman–Crippen MR) is 74.2 cm³/mol. The van der Waals surface area contributed by atoms with Gasteiger partial charge in [0.25, 0.3) is 0 Å². The summed E-state index contributed by atoms with van der Waals surface area (Å²) in [4.78, 5) is 4.41. The molecule has 5 nitrogen and oxygen atoms in total. The van der Waals surface area contributed by atoms with Crippen LogP contribution >= 0.6 is 11.8 Å². The number of nitrogens with one attached hydrogen (secondary N) is 1. The van der Waals surface area contributed by atoms with Gasteiger partial charge in [-0.15, -0.1) is 0 Å². The van der Waals surface area contributed by atoms with E-state index in [9.17, 15) is 0 Å². The molecule has 1 saturated carbocycles. The molecule has 0 radical (unpaired) electrons. The fraction of sp³-hybridized carbons (Fsp3) is 0.769. The van der Waals surface area contributed by atoms with Gasteiger partial charge in [0.15, 0.2) is 10.9 Å². The van der Waals surface area contributed by atoms with Crippen LogP contribution in [0.2, 0.25) is 0 Å². The highest BCUT2D eigenvalue weighted by Gasteiger charge is 2.45. The van der Waals surface area contributed by atoms with E-state index in [4.69, 9.17) is 9.47 Å². The Labute approximate surface area is 118 Å². The van der Waals surface area contributed by atoms with Crippen molar-refractivity contribution in [2.75, 3.05) is 20.3 Å². The van der Waals surface area contributed by atoms with E-state index < -0.39 is 0 Å². The molecule has 2 fully saturated rings. The number of aryl methyl sites for hydroxylation is 1. The van der Waals surface area contributed by atoms with Crippen LogP contribution in [0.1, 0.15) is 19.3 Å². The number of hydrogen-bond donors (Lipinski definition) is 1. The summed E-state index contributed by atoms with van der Waals surface area (Å²) >= 11 is 1.82. The van der Waals surface area contributed by atoms with Gasteiger partial charge >= 0.3 is 0 Å². The summed E-state index contributed by atoms with van der Waals surface area (Å²) < 4.78 is 13.8. The molecule has 0 bridgehead atoms. The van der Waals surface area contributed by atoms with E-state index in [2.05, 4.69) is 14.9 Å². The molecule has 1 aliphatic carbocycles. The molecule has 2 heterocycles. The van der Waals surface area contributed by atoms with Gasteiger partial charge in [0.2, 0.25) is 0 Å². The molecule has 19 heavy (non-hydrogen) atoms. The summed E-state index contributed by atoms with van der Waals surface area (Å²) in [5.74, 6) is -0.337. The lowest BCUT2D eigenvalue weighted by atomic mass is 9.89. The fourth-order valence-corrected chi connectivity index (χ4v) is 4.32. The van der Waals surface area contributed by atoms with Crippen LogP contribution in [0.3, 0.4) is 0 Å². The Morgan fingerprint density at radius 2 is 2.26 bits per heavy atom. The second-order valence-electron chi connectivity index (χ2n) is 5.22. The molecular weight excluding hydrogens is 262 g/mol. The lowest BCUT2D eigenvalue weighted by Crippen LogP contribution is -2.48. The van der Waals surface area contributed by atoms with Crippen LogP contribution < -0.4 is 5.32 Å². The molecule has 1 aliphatic heterocycles. The molecule has 1 spiro atoms. The van der Waals surface area contributed by atoms with E-state index in [0.29, 0.717) is 11.3 Å². The molecule has 6 heteroatoms. The van der Waals surface area contributed by atoms with Gasteiger partial charge in [-0.3, -0.25) is 0 Å². The van der Waals surface area contributed by atoms with Crippen molar-refractivity contribution in [2.24, 2.45) is 7.05 Å². The number of thioether (sulfide) groups is 1. The maximum absolute atomic E-state index is 5.86. The third-order valence-corrected chi connectivity index (χ3v) is 5.42. The molecule has 1 aromatic rings. The van der Waals surface area contributed by atoms with Gasteiger partial charge in [0.05, 0.1) is 13.2 Å². The van der Waals surface area contributed by atoms with Gasteiger partial charge in [-0.1, -0.05) is 11.8 Å². The van der Waals surface area contributed by atoms with Gasteiger partial charge in [-0.25, -0.2) is 4.98 Å². The minimum Gasteiger partial charge on any atom is -0.347 e. The standard InChI is InChI=1S/C13H21N3O2S/c1-14-10-3-4-13(17-7-8-18-13)9-11(10)19-12-15-5-6-16(12)2/h5-6,10-11,14H,3-4,7-9H2,1-2H3. The monoisotopic (exact) mass is 283 g/mol. The molecule has 1 aromatic heterocycles. The molecular formula is C13H21N3O2S. The highest BCUT2D eigenvalue weighted by molar-refractivity contribution is 7.99. The fourth-order valence-electron chi connectivity index (χ4n) is 2.93. The van der Waals surface area contributed by atoms with Crippen LogP contribution in [0.5, 0.6) is 0 Å². The normalized spacial score (nSPS) is 30.0. The maximum Gasteiger partial charge on any atom is 0.169 e. The van der Waals surface area contributed by atoms with Crippen LogP contribution in [0.15, 0.2) is 17.6 Å². The quantitative estimate of drug-likeness (QED) is 0.908. The first-order valence-corrected chi connectivity index (χ1v) is 7.69. The van der Waals surface area contributed by atoms with Crippen molar-refractivity contribution >= 4 is 11.8 Å². The van der Waals surface area contributed by atoms with E-state index in [0.717, 1.165) is 37.6 Å². The van der Waals surface area contributed by atoms with Crippen LogP contribution in [0.25, 0.3) is 0 Å². The van der Waals surface area contributed by atoms with Crippen LogP contribution in [-0.2, 0) is 16.5 Å². The number of rotatable bonds is 3. The van der Waals surface area contributed by atoms with Crippen molar-refractivity contribution < 1.29 is 9.47 Å². The topological polar surface area (TPSA) is 48.3 Å². The Balaban J connectivity index is 1.74. The van der Waals surface area contributed by atoms with Crippen LogP contribution in [-0.4, -0.2) is 46.9 Å². The first-order chi connectivity index (χ1) is 9.22. The maximum atomic E-state index is 5.86. The van der Waals surface area contributed by atoms with Gasteiger partial charge in [-0.05, 0) is 13.5 Å². The molecule has 0 amide bonds. The Kier molecular flexibility index (Phi) is 3.84. The summed E-state index contributed by atoms with van der Waals surface area (Å²) in [6.45, 7) is 1.45. The van der Waals surface area contributed by atoms with E-state index >= 15 is 0 Å². The van der Waals surface area contributed by atoms with Crippen molar-refractivity contribution in [3.8, 4) is 0 Å². The largest absolute Gasteiger partial charge is 0.347 e. The van der Waals surface area contributed by atoms with Gasteiger partial charge in [0, 0.05) is 43.6 Å². The summed E-state index contributed by atoms with van der Waals surface area (Å²) in [7, 11) is 4.07. The van der Waals surface area contributed by atoms with E-state index in [1.807, 2.05) is 38.3 Å². The smallest absolute Gasteiger partial charge is 0.169 e. The lowest BCUT2D eigenvalue weighted by molar-refractivity contribution is -0.177. The lowest BCUT2D eigenvalue weighted by Gasteiger charge is -2.40. The van der Waals surface area contributed by atoms with Crippen molar-refractivity contribution in [3.63, 3.8) is 0 Å². The van der Waals surface area contributed by atoms with E-state index in [1.54, 1.807) is 0 Å². The first kappa shape index (κ1) is 13.4. The molecule has 1 saturated heterocycles. The summed E-state index contributed by atoms with van der Waals surface area (Å²) in [5.41, 5.74) is 0. The Bertz CT molecular complexity index is 431. The predicted octanol–water partition coefficient (Wildman–Crippen LogP) is 1.40. The second kappa shape index (κ2) is 5.44.